The maximum atomic E-state index is 12.2. The number of amides is 1. The fraction of sp³-hybridized carbons (Fsp3) is 0.278. The molecule has 3 N–H and O–H groups in total. The third kappa shape index (κ3) is 5.00. The van der Waals surface area contributed by atoms with Crippen LogP contribution in [-0.4, -0.2) is 45.7 Å². The fourth-order valence-corrected chi connectivity index (χ4v) is 2.41. The smallest absolute Gasteiger partial charge is 0.273 e. The van der Waals surface area contributed by atoms with E-state index in [0.29, 0.717) is 30.5 Å². The van der Waals surface area contributed by atoms with Gasteiger partial charge in [-0.15, -0.1) is 0 Å². The molecule has 0 spiro atoms. The van der Waals surface area contributed by atoms with E-state index in [2.05, 4.69) is 36.1 Å². The van der Waals surface area contributed by atoms with Gasteiger partial charge < -0.3 is 20.5 Å². The number of aryl methyl sites for hydroxylation is 1. The van der Waals surface area contributed by atoms with E-state index in [1.165, 1.54) is 0 Å². The molecule has 0 saturated carbocycles. The summed E-state index contributed by atoms with van der Waals surface area (Å²) in [5, 5.41) is 12.9. The summed E-state index contributed by atoms with van der Waals surface area (Å²) in [7, 11) is 0. The molecule has 3 heterocycles. The first kappa shape index (κ1) is 18.3. The SMILES string of the molecule is CCNc1cc(NCCNC(=O)c2cc(-c3cccnc3)on2)nc(C)n1. The van der Waals surface area contributed by atoms with Crippen molar-refractivity contribution in [2.24, 2.45) is 0 Å². The summed E-state index contributed by atoms with van der Waals surface area (Å²) in [5.41, 5.74) is 0.988. The summed E-state index contributed by atoms with van der Waals surface area (Å²) in [5.74, 6) is 2.34. The molecule has 0 aliphatic carbocycles. The van der Waals surface area contributed by atoms with Crippen molar-refractivity contribution in [3.8, 4) is 11.3 Å². The molecule has 27 heavy (non-hydrogen) atoms. The molecule has 0 bridgehead atoms. The maximum absolute atomic E-state index is 12.2. The van der Waals surface area contributed by atoms with Gasteiger partial charge in [0.2, 0.25) is 0 Å². The molecule has 1 amide bonds. The lowest BCUT2D eigenvalue weighted by Gasteiger charge is -2.09. The van der Waals surface area contributed by atoms with Gasteiger partial charge >= 0.3 is 0 Å². The highest BCUT2D eigenvalue weighted by Crippen LogP contribution is 2.18. The Labute approximate surface area is 156 Å². The summed E-state index contributed by atoms with van der Waals surface area (Å²) in [6.07, 6.45) is 3.32. The monoisotopic (exact) mass is 367 g/mol. The van der Waals surface area contributed by atoms with Crippen LogP contribution in [0.4, 0.5) is 11.6 Å². The number of nitrogens with one attached hydrogen (secondary N) is 3. The van der Waals surface area contributed by atoms with Gasteiger partial charge in [0, 0.05) is 49.7 Å². The van der Waals surface area contributed by atoms with Gasteiger partial charge in [-0.25, -0.2) is 9.97 Å². The van der Waals surface area contributed by atoms with Crippen LogP contribution < -0.4 is 16.0 Å². The van der Waals surface area contributed by atoms with Crippen molar-refractivity contribution in [3.05, 3.63) is 48.2 Å². The van der Waals surface area contributed by atoms with Gasteiger partial charge in [-0.2, -0.15) is 0 Å². The first-order valence-electron chi connectivity index (χ1n) is 8.64. The van der Waals surface area contributed by atoms with E-state index < -0.39 is 0 Å². The summed E-state index contributed by atoms with van der Waals surface area (Å²) < 4.78 is 5.21. The van der Waals surface area contributed by atoms with Crippen molar-refractivity contribution in [2.75, 3.05) is 30.3 Å². The predicted octanol–water partition coefficient (Wildman–Crippen LogP) is 2.11. The Hall–Kier alpha value is -3.49. The zero-order chi connectivity index (χ0) is 19.1. The molecular formula is C18H21N7O2. The van der Waals surface area contributed by atoms with Crippen molar-refractivity contribution >= 4 is 17.5 Å². The summed E-state index contributed by atoms with van der Waals surface area (Å²) in [6.45, 7) is 5.54. The Kier molecular flexibility index (Phi) is 5.93. The second kappa shape index (κ2) is 8.75. The molecule has 0 atom stereocenters. The molecule has 0 aromatic carbocycles. The van der Waals surface area contributed by atoms with Crippen LogP contribution in [0.2, 0.25) is 0 Å². The van der Waals surface area contributed by atoms with Crippen LogP contribution in [0, 0.1) is 6.92 Å². The summed E-state index contributed by atoms with van der Waals surface area (Å²) in [6, 6.07) is 7.05. The Morgan fingerprint density at radius 3 is 2.70 bits per heavy atom. The van der Waals surface area contributed by atoms with Crippen molar-refractivity contribution in [1.82, 2.24) is 25.4 Å². The van der Waals surface area contributed by atoms with E-state index in [4.69, 9.17) is 4.52 Å². The Balaban J connectivity index is 1.50. The third-order valence-corrected chi connectivity index (χ3v) is 3.60. The lowest BCUT2D eigenvalue weighted by atomic mass is 10.2. The van der Waals surface area contributed by atoms with Crippen LogP contribution in [0.1, 0.15) is 23.2 Å². The molecule has 3 aromatic heterocycles. The molecule has 0 aliphatic heterocycles. The van der Waals surface area contributed by atoms with Crippen molar-refractivity contribution in [2.45, 2.75) is 13.8 Å². The van der Waals surface area contributed by atoms with E-state index in [1.54, 1.807) is 24.5 Å². The van der Waals surface area contributed by atoms with Gasteiger partial charge in [0.25, 0.3) is 5.91 Å². The Morgan fingerprint density at radius 1 is 1.15 bits per heavy atom. The Morgan fingerprint density at radius 2 is 1.96 bits per heavy atom. The standard InChI is InChI=1S/C18H21N7O2/c1-3-20-16-10-17(24-12(2)23-16)21-7-8-22-18(26)14-9-15(27-25-14)13-5-4-6-19-11-13/h4-6,9-11H,3,7-8H2,1-2H3,(H,22,26)(H2,20,21,23,24). The first-order chi connectivity index (χ1) is 13.2. The van der Waals surface area contributed by atoms with E-state index in [-0.39, 0.29) is 11.6 Å². The molecule has 9 heteroatoms. The second-order valence-corrected chi connectivity index (χ2v) is 5.72. The number of hydrogen-bond acceptors (Lipinski definition) is 8. The van der Waals surface area contributed by atoms with Gasteiger partial charge in [0.1, 0.15) is 17.5 Å². The Bertz CT molecular complexity index is 896. The number of nitrogens with zero attached hydrogens (tertiary/aromatic N) is 4. The predicted molar refractivity (Wildman–Crippen MR) is 101 cm³/mol. The molecule has 140 valence electrons. The number of aromatic nitrogens is 4. The number of hydrogen-bond donors (Lipinski definition) is 3. The maximum Gasteiger partial charge on any atom is 0.273 e. The number of pyridine rings is 1. The molecule has 0 saturated heterocycles. The number of rotatable bonds is 8. The molecule has 0 fully saturated rings. The largest absolute Gasteiger partial charge is 0.370 e. The number of carbonyl (C=O) groups excluding carboxylic acids is 1. The highest BCUT2D eigenvalue weighted by atomic mass is 16.5. The van der Waals surface area contributed by atoms with Gasteiger partial charge in [-0.05, 0) is 26.0 Å². The molecule has 0 unspecified atom stereocenters. The van der Waals surface area contributed by atoms with Crippen LogP contribution in [0.5, 0.6) is 0 Å². The zero-order valence-electron chi connectivity index (χ0n) is 15.2. The van der Waals surface area contributed by atoms with Gasteiger partial charge in [0.05, 0.1) is 0 Å². The lowest BCUT2D eigenvalue weighted by Crippen LogP contribution is -2.29. The second-order valence-electron chi connectivity index (χ2n) is 5.72. The van der Waals surface area contributed by atoms with E-state index in [0.717, 1.165) is 17.9 Å². The summed E-state index contributed by atoms with van der Waals surface area (Å²) in [4.78, 5) is 24.8. The van der Waals surface area contributed by atoms with Gasteiger partial charge in [-0.1, -0.05) is 5.16 Å². The number of anilines is 2. The van der Waals surface area contributed by atoms with Gasteiger partial charge in [0.15, 0.2) is 11.5 Å². The van der Waals surface area contributed by atoms with Crippen LogP contribution in [0.15, 0.2) is 41.2 Å². The highest BCUT2D eigenvalue weighted by Gasteiger charge is 2.13. The van der Waals surface area contributed by atoms with Crippen molar-refractivity contribution < 1.29 is 9.32 Å². The molecule has 3 aromatic rings. The van der Waals surface area contributed by atoms with Gasteiger partial charge in [-0.3, -0.25) is 9.78 Å². The molecule has 0 radical (unpaired) electrons. The number of carbonyl (C=O) groups is 1. The van der Waals surface area contributed by atoms with Crippen LogP contribution in [0.25, 0.3) is 11.3 Å². The van der Waals surface area contributed by atoms with Crippen LogP contribution in [-0.2, 0) is 0 Å². The molecule has 9 nitrogen and oxygen atoms in total. The lowest BCUT2D eigenvalue weighted by molar-refractivity contribution is 0.0946. The molecule has 3 rings (SSSR count). The highest BCUT2D eigenvalue weighted by molar-refractivity contribution is 5.93. The van der Waals surface area contributed by atoms with E-state index in [9.17, 15) is 4.79 Å². The molecular weight excluding hydrogens is 346 g/mol. The third-order valence-electron chi connectivity index (χ3n) is 3.60. The fourth-order valence-electron chi connectivity index (χ4n) is 2.41. The van der Waals surface area contributed by atoms with Crippen LogP contribution >= 0.6 is 0 Å². The molecule has 0 aliphatic rings. The summed E-state index contributed by atoms with van der Waals surface area (Å²) >= 11 is 0. The minimum atomic E-state index is -0.303. The minimum absolute atomic E-state index is 0.223. The average molecular weight is 367 g/mol. The topological polar surface area (TPSA) is 118 Å². The van der Waals surface area contributed by atoms with E-state index in [1.807, 2.05) is 26.0 Å². The minimum Gasteiger partial charge on any atom is -0.370 e. The van der Waals surface area contributed by atoms with Crippen LogP contribution in [0.3, 0.4) is 0 Å². The van der Waals surface area contributed by atoms with Crippen molar-refractivity contribution in [3.63, 3.8) is 0 Å². The first-order valence-corrected chi connectivity index (χ1v) is 8.64. The zero-order valence-corrected chi connectivity index (χ0v) is 15.2. The quantitative estimate of drug-likeness (QED) is 0.518. The van der Waals surface area contributed by atoms with E-state index >= 15 is 0 Å². The average Bonchev–Trinajstić information content (AvgIpc) is 3.16. The van der Waals surface area contributed by atoms with Crippen molar-refractivity contribution in [1.29, 1.82) is 0 Å². The normalized spacial score (nSPS) is 10.4.